The number of benzene rings is 2. The smallest absolute Gasteiger partial charge is 0.303 e. The molecular weight excluding hydrogens is 917 g/mol. The summed E-state index contributed by atoms with van der Waals surface area (Å²) in [5, 5.41) is 12.0. The number of methoxy groups -OCH3 is 3. The van der Waals surface area contributed by atoms with Crippen LogP contribution in [0.3, 0.4) is 0 Å². The monoisotopic (exact) mass is 1010 g/mol. The van der Waals surface area contributed by atoms with Gasteiger partial charge in [-0.2, -0.15) is 0 Å². The van der Waals surface area contributed by atoms with Crippen molar-refractivity contribution in [3.8, 4) is 11.5 Å². The van der Waals surface area contributed by atoms with Gasteiger partial charge >= 0.3 is 5.97 Å². The number of aliphatic hydroxyl groups excluding tert-OH is 1. The van der Waals surface area contributed by atoms with Gasteiger partial charge in [0.1, 0.15) is 30.5 Å². The van der Waals surface area contributed by atoms with Gasteiger partial charge in [-0.05, 0) is 129 Å². The minimum absolute atomic E-state index is 0.0465. The molecule has 0 aliphatic carbocycles. The Labute approximate surface area is 431 Å². The third-order valence-corrected chi connectivity index (χ3v) is 21.1. The van der Waals surface area contributed by atoms with E-state index < -0.39 is 44.5 Å². The number of carbonyl (C=O) groups is 1. The predicted molar refractivity (Wildman–Crippen MR) is 284 cm³/mol. The molecule has 2 saturated heterocycles. The summed E-state index contributed by atoms with van der Waals surface area (Å²) in [7, 11) is 2.79. The van der Waals surface area contributed by atoms with Crippen molar-refractivity contribution in [2.45, 2.75) is 227 Å². The standard InChI is InChI=1S/C58H98O12Si/c1-16-71(17-2,18-3)70-53(44(10)54(65-37-48-23-27-50(62-14)28-24-48)35-51(60)57(63-15)55(39(4)5)67-46(12)59)30-20-42(8)56-43(9)32-34-58(69-56)33-31-41(7)52(68-58)29-19-40(6)45(11)66-38-64-36-47-21-25-49(61-13)26-22-47/h21-28,39-45,51-57,60H,16-20,29-38H2,1-15H3/t40-,41+,42+,43-,44-,45?,51+,52-,53-,54-,55+,56-,57-,58+/m0/s1. The fraction of sp³-hybridized carbons (Fsp3) is 0.776. The number of hydrogen-bond donors (Lipinski definition) is 1. The average Bonchev–Trinajstić information content (AvgIpc) is 3.37. The Kier molecular flexibility index (Phi) is 25.8. The zero-order valence-electron chi connectivity index (χ0n) is 46.7. The minimum atomic E-state index is -2.11. The Hall–Kier alpha value is -2.59. The molecule has 0 aromatic heterocycles. The highest BCUT2D eigenvalue weighted by atomic mass is 28.4. The van der Waals surface area contributed by atoms with Gasteiger partial charge in [0.15, 0.2) is 14.1 Å². The van der Waals surface area contributed by atoms with Crippen LogP contribution < -0.4 is 9.47 Å². The molecule has 406 valence electrons. The molecule has 13 heteroatoms. The van der Waals surface area contributed by atoms with Gasteiger partial charge in [0.25, 0.3) is 0 Å². The van der Waals surface area contributed by atoms with Crippen LogP contribution in [-0.4, -0.2) is 102 Å². The lowest BCUT2D eigenvalue weighted by molar-refractivity contribution is -0.338. The fourth-order valence-corrected chi connectivity index (χ4v) is 13.8. The van der Waals surface area contributed by atoms with Crippen LogP contribution in [0.15, 0.2) is 48.5 Å². The van der Waals surface area contributed by atoms with Crippen molar-refractivity contribution in [2.75, 3.05) is 28.1 Å². The molecule has 2 aliphatic heterocycles. The Balaban J connectivity index is 1.47. The normalized spacial score (nSPS) is 24.6. The van der Waals surface area contributed by atoms with E-state index in [-0.39, 0.29) is 55.4 Å². The molecule has 1 spiro atoms. The van der Waals surface area contributed by atoms with E-state index in [9.17, 15) is 9.90 Å². The van der Waals surface area contributed by atoms with E-state index in [4.69, 9.17) is 47.1 Å². The molecule has 12 nitrogen and oxygen atoms in total. The second-order valence-corrected chi connectivity index (χ2v) is 26.5. The van der Waals surface area contributed by atoms with Gasteiger partial charge in [-0.15, -0.1) is 0 Å². The SMILES string of the molecule is CC[Si](CC)(CC)O[C@@H](CC[C@@H](C)[C@@H]1O[C@]2(CC[C@@H](C)[C@H](CC[C@H](C)C(C)OCOCc3ccc(OC)cc3)O2)CC[C@@H]1C)[C@H](C)[C@H](C[C@@H](O)[C@H](OC)[C@H](OC(C)=O)C(C)C)OCc1ccc(OC)cc1. The molecule has 0 radical (unpaired) electrons. The van der Waals surface area contributed by atoms with Crippen molar-refractivity contribution in [1.29, 1.82) is 0 Å². The summed E-state index contributed by atoms with van der Waals surface area (Å²) in [4.78, 5) is 12.2. The second kappa shape index (κ2) is 30.1. The second-order valence-electron chi connectivity index (χ2n) is 21.8. The van der Waals surface area contributed by atoms with Crippen LogP contribution in [0.4, 0.5) is 0 Å². The number of rotatable bonds is 32. The average molecular weight is 1020 g/mol. The van der Waals surface area contributed by atoms with Gasteiger partial charge in [-0.25, -0.2) is 0 Å². The van der Waals surface area contributed by atoms with Crippen molar-refractivity contribution in [3.63, 3.8) is 0 Å². The molecule has 0 saturated carbocycles. The first kappa shape index (κ1) is 61.0. The maximum absolute atomic E-state index is 12.2. The maximum atomic E-state index is 12.2. The molecule has 14 atom stereocenters. The van der Waals surface area contributed by atoms with Crippen LogP contribution in [0.25, 0.3) is 0 Å². The molecule has 2 aliphatic rings. The molecule has 71 heavy (non-hydrogen) atoms. The fourth-order valence-electron chi connectivity index (χ4n) is 10.9. The number of hydrogen-bond acceptors (Lipinski definition) is 12. The Morgan fingerprint density at radius 2 is 1.32 bits per heavy atom. The van der Waals surface area contributed by atoms with Crippen LogP contribution in [-0.2, 0) is 55.6 Å². The van der Waals surface area contributed by atoms with E-state index in [1.165, 1.54) is 6.92 Å². The lowest BCUT2D eigenvalue weighted by Gasteiger charge is -2.51. The topological polar surface area (TPSA) is 130 Å². The summed E-state index contributed by atoms with van der Waals surface area (Å²) in [6.45, 7) is 26.9. The van der Waals surface area contributed by atoms with E-state index in [2.05, 4.69) is 62.3 Å². The van der Waals surface area contributed by atoms with Crippen LogP contribution >= 0.6 is 0 Å². The molecule has 2 heterocycles. The molecule has 4 rings (SSSR count). The minimum Gasteiger partial charge on any atom is -0.497 e. The summed E-state index contributed by atoms with van der Waals surface area (Å²) < 4.78 is 63.2. The number of ether oxygens (including phenoxy) is 9. The van der Waals surface area contributed by atoms with Crippen LogP contribution in [0.5, 0.6) is 11.5 Å². The van der Waals surface area contributed by atoms with Gasteiger partial charge in [-0.3, -0.25) is 4.79 Å². The van der Waals surface area contributed by atoms with Crippen molar-refractivity contribution < 1.29 is 57.0 Å². The third kappa shape index (κ3) is 18.3. The Bertz CT molecular complexity index is 1760. The maximum Gasteiger partial charge on any atom is 0.303 e. The van der Waals surface area contributed by atoms with Crippen molar-refractivity contribution >= 4 is 14.3 Å². The molecule has 0 amide bonds. The molecule has 0 bridgehead atoms. The van der Waals surface area contributed by atoms with Gasteiger partial charge < -0.3 is 52.2 Å². The molecule has 1 unspecified atom stereocenters. The number of esters is 1. The molecule has 2 aromatic carbocycles. The summed E-state index contributed by atoms with van der Waals surface area (Å²) in [5.41, 5.74) is 2.09. The molecule has 2 fully saturated rings. The summed E-state index contributed by atoms with van der Waals surface area (Å²) >= 11 is 0. The highest BCUT2D eigenvalue weighted by molar-refractivity contribution is 6.73. The first-order valence-electron chi connectivity index (χ1n) is 27.3. The number of aliphatic hydroxyl groups is 1. The third-order valence-electron chi connectivity index (χ3n) is 16.4. The highest BCUT2D eigenvalue weighted by Crippen LogP contribution is 2.46. The zero-order chi connectivity index (χ0) is 52.3. The predicted octanol–water partition coefficient (Wildman–Crippen LogP) is 12.7. The van der Waals surface area contributed by atoms with Crippen molar-refractivity contribution in [2.24, 2.45) is 35.5 Å². The van der Waals surface area contributed by atoms with E-state index in [1.54, 1.807) is 21.3 Å². The van der Waals surface area contributed by atoms with E-state index in [0.717, 1.165) is 92.1 Å². The molecule has 1 N–H and O–H groups in total. The summed E-state index contributed by atoms with van der Waals surface area (Å²) in [6.07, 6.45) is 5.32. The van der Waals surface area contributed by atoms with Crippen LogP contribution in [0.2, 0.25) is 18.1 Å². The quantitative estimate of drug-likeness (QED) is 0.0324. The van der Waals surface area contributed by atoms with Crippen LogP contribution in [0, 0.1) is 35.5 Å². The molecule has 2 aromatic rings. The first-order chi connectivity index (χ1) is 33.9. The van der Waals surface area contributed by atoms with Gasteiger partial charge in [0, 0.05) is 39.2 Å². The number of carbonyl (C=O) groups excluding carboxylic acids is 1. The van der Waals surface area contributed by atoms with Gasteiger partial charge in [-0.1, -0.05) is 93.5 Å². The largest absolute Gasteiger partial charge is 0.497 e. The summed E-state index contributed by atoms with van der Waals surface area (Å²) in [5.74, 6) is 1.91. The Morgan fingerprint density at radius 3 is 1.86 bits per heavy atom. The van der Waals surface area contributed by atoms with E-state index in [0.29, 0.717) is 31.0 Å². The lowest BCUT2D eigenvalue weighted by atomic mass is 9.79. The summed E-state index contributed by atoms with van der Waals surface area (Å²) in [6, 6.07) is 18.9. The Morgan fingerprint density at radius 1 is 0.746 bits per heavy atom. The van der Waals surface area contributed by atoms with E-state index >= 15 is 0 Å². The molecular formula is C58H98O12Si. The van der Waals surface area contributed by atoms with E-state index in [1.807, 2.05) is 62.4 Å². The van der Waals surface area contributed by atoms with Gasteiger partial charge in [0.2, 0.25) is 0 Å². The van der Waals surface area contributed by atoms with Crippen molar-refractivity contribution in [1.82, 2.24) is 0 Å². The van der Waals surface area contributed by atoms with Gasteiger partial charge in [0.05, 0.1) is 64.1 Å². The highest BCUT2D eigenvalue weighted by Gasteiger charge is 2.48. The lowest BCUT2D eigenvalue weighted by Crippen LogP contribution is -2.53. The first-order valence-corrected chi connectivity index (χ1v) is 29.9. The zero-order valence-corrected chi connectivity index (χ0v) is 47.7. The van der Waals surface area contributed by atoms with Crippen LogP contribution in [0.1, 0.15) is 152 Å². The van der Waals surface area contributed by atoms with Crippen molar-refractivity contribution in [3.05, 3.63) is 59.7 Å².